The second-order valence-corrected chi connectivity index (χ2v) is 8.20. The number of carbonyl (C=O) groups excluding carboxylic acids is 4. The molecule has 2 fully saturated rings. The van der Waals surface area contributed by atoms with Crippen molar-refractivity contribution in [1.82, 2.24) is 0 Å². The molecule has 1 aliphatic carbocycles. The van der Waals surface area contributed by atoms with Crippen LogP contribution in [-0.4, -0.2) is 30.2 Å². The first-order valence-corrected chi connectivity index (χ1v) is 10.3. The summed E-state index contributed by atoms with van der Waals surface area (Å²) >= 11 is 0. The zero-order chi connectivity index (χ0) is 22.1. The Labute approximate surface area is 179 Å². The Morgan fingerprint density at radius 1 is 1.00 bits per heavy atom. The Balaban J connectivity index is 1.46. The van der Waals surface area contributed by atoms with Gasteiger partial charge in [0.25, 0.3) is 0 Å². The Morgan fingerprint density at radius 3 is 2.45 bits per heavy atom. The number of ether oxygens (including phenoxy) is 1. The van der Waals surface area contributed by atoms with Gasteiger partial charge in [-0.2, -0.15) is 0 Å². The first kappa shape index (κ1) is 20.9. The average molecular weight is 423 g/mol. The molecule has 0 spiro atoms. The van der Waals surface area contributed by atoms with E-state index in [2.05, 4.69) is 6.92 Å². The minimum Gasteiger partial charge on any atom is -0.454 e. The van der Waals surface area contributed by atoms with Crippen LogP contribution in [0.2, 0.25) is 0 Å². The lowest BCUT2D eigenvalue weighted by atomic mass is 9.76. The summed E-state index contributed by atoms with van der Waals surface area (Å²) in [6.45, 7) is 1.58. The molecule has 0 bridgehead atoms. The lowest BCUT2D eigenvalue weighted by Gasteiger charge is -2.25. The van der Waals surface area contributed by atoms with E-state index in [1.165, 1.54) is 29.2 Å². The highest BCUT2D eigenvalue weighted by Crippen LogP contribution is 2.42. The van der Waals surface area contributed by atoms with Crippen molar-refractivity contribution in [2.45, 2.75) is 26.2 Å². The highest BCUT2D eigenvalue weighted by molar-refractivity contribution is 6.22. The van der Waals surface area contributed by atoms with Gasteiger partial charge in [-0.15, -0.1) is 0 Å². The van der Waals surface area contributed by atoms with Gasteiger partial charge < -0.3 is 4.74 Å². The molecule has 1 saturated carbocycles. The van der Waals surface area contributed by atoms with Crippen LogP contribution < -0.4 is 4.90 Å². The van der Waals surface area contributed by atoms with E-state index >= 15 is 0 Å². The van der Waals surface area contributed by atoms with E-state index < -0.39 is 24.2 Å². The van der Waals surface area contributed by atoms with Crippen molar-refractivity contribution >= 4 is 29.3 Å². The fourth-order valence-corrected chi connectivity index (χ4v) is 4.35. The topological polar surface area (TPSA) is 80.8 Å². The van der Waals surface area contributed by atoms with Crippen molar-refractivity contribution in [3.8, 4) is 0 Å². The molecule has 1 saturated heterocycles. The van der Waals surface area contributed by atoms with E-state index in [1.54, 1.807) is 12.1 Å². The number of halogens is 1. The lowest BCUT2D eigenvalue weighted by molar-refractivity contribution is -0.122. The number of carbonyl (C=O) groups is 4. The summed E-state index contributed by atoms with van der Waals surface area (Å²) < 4.78 is 18.1. The van der Waals surface area contributed by atoms with Crippen LogP contribution in [0.25, 0.3) is 0 Å². The predicted molar refractivity (Wildman–Crippen MR) is 110 cm³/mol. The van der Waals surface area contributed by atoms with Crippen LogP contribution in [-0.2, 0) is 14.3 Å². The smallest absolute Gasteiger partial charge is 0.338 e. The molecule has 0 aromatic heterocycles. The van der Waals surface area contributed by atoms with Gasteiger partial charge in [0.2, 0.25) is 11.8 Å². The van der Waals surface area contributed by atoms with E-state index in [0.29, 0.717) is 24.4 Å². The molecule has 3 unspecified atom stereocenters. The molecule has 6 nitrogen and oxygen atoms in total. The van der Waals surface area contributed by atoms with Gasteiger partial charge in [0.15, 0.2) is 12.4 Å². The third kappa shape index (κ3) is 4.13. The number of Topliss-reactive ketones (excluding diaryl/α,β-unsaturated/α-hetero) is 1. The zero-order valence-electron chi connectivity index (χ0n) is 17.0. The van der Waals surface area contributed by atoms with Crippen molar-refractivity contribution in [3.05, 3.63) is 65.5 Å². The number of nitrogens with zero attached hydrogens (tertiary/aromatic N) is 1. The van der Waals surface area contributed by atoms with Crippen LogP contribution in [0.1, 0.15) is 46.9 Å². The molecule has 2 aromatic rings. The quantitative estimate of drug-likeness (QED) is 0.415. The number of hydrogen-bond donors (Lipinski definition) is 0. The monoisotopic (exact) mass is 423 g/mol. The van der Waals surface area contributed by atoms with Crippen LogP contribution >= 0.6 is 0 Å². The lowest BCUT2D eigenvalue weighted by Crippen LogP contribution is -2.31. The van der Waals surface area contributed by atoms with Crippen molar-refractivity contribution in [2.24, 2.45) is 17.8 Å². The molecule has 3 atom stereocenters. The molecule has 1 aliphatic heterocycles. The predicted octanol–water partition coefficient (Wildman–Crippen LogP) is 3.79. The molecule has 1 heterocycles. The Hall–Kier alpha value is -3.35. The summed E-state index contributed by atoms with van der Waals surface area (Å²) in [4.78, 5) is 51.5. The molecule has 7 heteroatoms. The minimum absolute atomic E-state index is 0.133. The summed E-state index contributed by atoms with van der Waals surface area (Å²) in [6.07, 6.45) is 2.31. The van der Waals surface area contributed by atoms with Crippen LogP contribution in [0.5, 0.6) is 0 Å². The molecule has 2 aromatic carbocycles. The van der Waals surface area contributed by atoms with E-state index in [0.717, 1.165) is 18.6 Å². The van der Waals surface area contributed by atoms with Gasteiger partial charge in [-0.1, -0.05) is 13.0 Å². The molecule has 2 aliphatic rings. The van der Waals surface area contributed by atoms with Crippen LogP contribution in [0.4, 0.5) is 10.1 Å². The van der Waals surface area contributed by atoms with Gasteiger partial charge in [0, 0.05) is 5.56 Å². The Kier molecular flexibility index (Phi) is 5.67. The van der Waals surface area contributed by atoms with Crippen LogP contribution in [0.3, 0.4) is 0 Å². The van der Waals surface area contributed by atoms with E-state index in [4.69, 9.17) is 4.74 Å². The molecule has 160 valence electrons. The largest absolute Gasteiger partial charge is 0.454 e. The number of fused-ring (bicyclic) bond motifs is 1. The number of anilines is 1. The molecule has 0 radical (unpaired) electrons. The Morgan fingerprint density at radius 2 is 1.71 bits per heavy atom. The van der Waals surface area contributed by atoms with E-state index in [-0.39, 0.29) is 34.8 Å². The maximum Gasteiger partial charge on any atom is 0.338 e. The van der Waals surface area contributed by atoms with Gasteiger partial charge in [-0.05, 0) is 67.6 Å². The average Bonchev–Trinajstić information content (AvgIpc) is 3.01. The highest BCUT2D eigenvalue weighted by Gasteiger charge is 2.50. The second-order valence-electron chi connectivity index (χ2n) is 8.20. The fraction of sp³-hybridized carbons (Fsp3) is 0.333. The number of imide groups is 1. The summed E-state index contributed by atoms with van der Waals surface area (Å²) in [6, 6.07) is 11.0. The van der Waals surface area contributed by atoms with Crippen molar-refractivity contribution in [2.75, 3.05) is 11.5 Å². The molecular weight excluding hydrogens is 401 g/mol. The highest BCUT2D eigenvalue weighted by atomic mass is 19.1. The van der Waals surface area contributed by atoms with Crippen molar-refractivity contribution in [3.63, 3.8) is 0 Å². The number of amides is 2. The molecular formula is C24H22FNO5. The maximum absolute atomic E-state index is 13.0. The van der Waals surface area contributed by atoms with E-state index in [1.807, 2.05) is 0 Å². The van der Waals surface area contributed by atoms with E-state index in [9.17, 15) is 23.6 Å². The van der Waals surface area contributed by atoms with Crippen molar-refractivity contribution in [1.29, 1.82) is 0 Å². The number of rotatable bonds is 5. The van der Waals surface area contributed by atoms with Crippen LogP contribution in [0.15, 0.2) is 48.5 Å². The number of benzene rings is 2. The van der Waals surface area contributed by atoms with Crippen LogP contribution in [0, 0.1) is 23.6 Å². The van der Waals surface area contributed by atoms with Crippen molar-refractivity contribution < 1.29 is 28.3 Å². The summed E-state index contributed by atoms with van der Waals surface area (Å²) in [5.74, 6) is -2.33. The first-order valence-electron chi connectivity index (χ1n) is 10.3. The van der Waals surface area contributed by atoms with Gasteiger partial charge in [-0.3, -0.25) is 19.3 Å². The second kappa shape index (κ2) is 8.41. The SMILES string of the molecule is CC1CCC2C(=O)N(c3cccc(C(=O)OCC(=O)c4ccc(F)cc4)c3)C(=O)C2C1. The molecule has 31 heavy (non-hydrogen) atoms. The zero-order valence-corrected chi connectivity index (χ0v) is 17.0. The molecule has 2 amide bonds. The maximum atomic E-state index is 13.0. The van der Waals surface area contributed by atoms with Gasteiger partial charge in [0.05, 0.1) is 23.1 Å². The standard InChI is InChI=1S/C24H22FNO5/c1-14-5-10-19-20(11-14)23(29)26(22(19)28)18-4-2-3-16(12-18)24(30)31-13-21(27)15-6-8-17(25)9-7-15/h2-4,6-9,12,14,19-20H,5,10-11,13H2,1H3. The van der Waals surface area contributed by atoms with Gasteiger partial charge >= 0.3 is 5.97 Å². The Bertz CT molecular complexity index is 1050. The first-order chi connectivity index (χ1) is 14.8. The summed E-state index contributed by atoms with van der Waals surface area (Å²) in [5.41, 5.74) is 0.692. The fourth-order valence-electron chi connectivity index (χ4n) is 4.35. The molecule has 0 N–H and O–H groups in total. The third-order valence-electron chi connectivity index (χ3n) is 6.03. The number of hydrogen-bond acceptors (Lipinski definition) is 5. The third-order valence-corrected chi connectivity index (χ3v) is 6.03. The molecule has 4 rings (SSSR count). The number of esters is 1. The minimum atomic E-state index is -0.748. The van der Waals surface area contributed by atoms with Gasteiger partial charge in [-0.25, -0.2) is 9.18 Å². The van der Waals surface area contributed by atoms with Gasteiger partial charge in [0.1, 0.15) is 5.82 Å². The normalized spacial score (nSPS) is 22.9. The number of ketones is 1. The summed E-state index contributed by atoms with van der Waals surface area (Å²) in [7, 11) is 0. The summed E-state index contributed by atoms with van der Waals surface area (Å²) in [5, 5.41) is 0.